The molecule has 2 atom stereocenters. The molecule has 1 saturated heterocycles. The number of nitrogens with one attached hydrogen (secondary N) is 1. The molecule has 0 bridgehead atoms. The molecule has 0 radical (unpaired) electrons. The Balaban J connectivity index is 2.54. The largest absolute Gasteiger partial charge is 0.341 e. The van der Waals surface area contributed by atoms with Crippen LogP contribution in [0.3, 0.4) is 0 Å². The van der Waals surface area contributed by atoms with Gasteiger partial charge in [-0.1, -0.05) is 13.8 Å². The molecule has 0 aromatic heterocycles. The molecule has 76 valence electrons. The highest BCUT2D eigenvalue weighted by atomic mass is 16.6. The molecule has 4 nitrogen and oxygen atoms in total. The number of hydrogen-bond acceptors (Lipinski definition) is 2. The zero-order valence-corrected chi connectivity index (χ0v) is 8.54. The molecule has 13 heavy (non-hydrogen) atoms. The van der Waals surface area contributed by atoms with Crippen LogP contribution in [0.25, 0.3) is 0 Å². The van der Waals surface area contributed by atoms with Gasteiger partial charge in [0.2, 0.25) is 0 Å². The van der Waals surface area contributed by atoms with E-state index in [0.717, 1.165) is 19.4 Å². The number of urea groups is 1. The van der Waals surface area contributed by atoms with Gasteiger partial charge >= 0.3 is 6.03 Å². The molecule has 2 amide bonds. The minimum atomic E-state index is -0.112. The van der Waals surface area contributed by atoms with E-state index in [-0.39, 0.29) is 6.03 Å². The van der Waals surface area contributed by atoms with Crippen molar-refractivity contribution < 1.29 is 9.63 Å². The van der Waals surface area contributed by atoms with Crippen LogP contribution in [0.15, 0.2) is 0 Å². The summed E-state index contributed by atoms with van der Waals surface area (Å²) >= 11 is 0. The Morgan fingerprint density at radius 3 is 2.92 bits per heavy atom. The van der Waals surface area contributed by atoms with Crippen LogP contribution in [0.4, 0.5) is 4.79 Å². The van der Waals surface area contributed by atoms with E-state index in [0.29, 0.717) is 12.0 Å². The van der Waals surface area contributed by atoms with Crippen LogP contribution in [-0.4, -0.2) is 30.6 Å². The molecule has 1 heterocycles. The standard InChI is InChI=1S/C9H18N2O2/c1-4-8-7(2)5-6-11(8)9(12)10-13-3/h7-8H,4-6H2,1-3H3,(H,10,12). The summed E-state index contributed by atoms with van der Waals surface area (Å²) in [4.78, 5) is 17.9. The predicted molar refractivity (Wildman–Crippen MR) is 50.1 cm³/mol. The van der Waals surface area contributed by atoms with E-state index in [1.165, 1.54) is 7.11 Å². The van der Waals surface area contributed by atoms with E-state index in [4.69, 9.17) is 0 Å². The second-order valence-corrected chi connectivity index (χ2v) is 3.55. The van der Waals surface area contributed by atoms with E-state index in [2.05, 4.69) is 24.2 Å². The number of nitrogens with zero attached hydrogens (tertiary/aromatic N) is 1. The van der Waals surface area contributed by atoms with E-state index >= 15 is 0 Å². The first kappa shape index (κ1) is 10.3. The van der Waals surface area contributed by atoms with Crippen molar-refractivity contribution in [3.05, 3.63) is 0 Å². The van der Waals surface area contributed by atoms with Crippen molar-refractivity contribution in [1.82, 2.24) is 10.4 Å². The van der Waals surface area contributed by atoms with Gasteiger partial charge in [-0.05, 0) is 18.8 Å². The summed E-state index contributed by atoms with van der Waals surface area (Å²) in [5.41, 5.74) is 2.36. The van der Waals surface area contributed by atoms with E-state index in [9.17, 15) is 4.79 Å². The number of amides is 2. The van der Waals surface area contributed by atoms with E-state index in [1.54, 1.807) is 0 Å². The van der Waals surface area contributed by atoms with Crippen LogP contribution in [-0.2, 0) is 4.84 Å². The van der Waals surface area contributed by atoms with Crippen molar-refractivity contribution >= 4 is 6.03 Å². The lowest BCUT2D eigenvalue weighted by Crippen LogP contribution is -2.43. The number of rotatable bonds is 2. The molecular formula is C9H18N2O2. The van der Waals surface area contributed by atoms with Crippen molar-refractivity contribution in [3.8, 4) is 0 Å². The molecule has 1 N–H and O–H groups in total. The third-order valence-electron chi connectivity index (χ3n) is 2.75. The number of hydrogen-bond donors (Lipinski definition) is 1. The topological polar surface area (TPSA) is 41.6 Å². The van der Waals surface area contributed by atoms with Crippen molar-refractivity contribution in [1.29, 1.82) is 0 Å². The molecule has 0 aliphatic carbocycles. The quantitative estimate of drug-likeness (QED) is 0.662. The predicted octanol–water partition coefficient (Wildman–Crippen LogP) is 1.38. The lowest BCUT2D eigenvalue weighted by atomic mass is 10.0. The minimum absolute atomic E-state index is 0.112. The molecule has 1 rings (SSSR count). The van der Waals surface area contributed by atoms with Gasteiger partial charge in [0.05, 0.1) is 7.11 Å². The van der Waals surface area contributed by atoms with Crippen LogP contribution in [0.2, 0.25) is 0 Å². The molecule has 1 aliphatic heterocycles. The number of likely N-dealkylation sites (tertiary alicyclic amines) is 1. The monoisotopic (exact) mass is 186 g/mol. The highest BCUT2D eigenvalue weighted by Gasteiger charge is 2.32. The maximum atomic E-state index is 11.4. The Morgan fingerprint density at radius 1 is 1.69 bits per heavy atom. The summed E-state index contributed by atoms with van der Waals surface area (Å²) < 4.78 is 0. The second-order valence-electron chi connectivity index (χ2n) is 3.55. The fraction of sp³-hybridized carbons (Fsp3) is 0.889. The fourth-order valence-electron chi connectivity index (χ4n) is 2.03. The Hall–Kier alpha value is -0.770. The third-order valence-corrected chi connectivity index (χ3v) is 2.75. The van der Waals surface area contributed by atoms with Crippen LogP contribution >= 0.6 is 0 Å². The average Bonchev–Trinajstić information content (AvgIpc) is 2.47. The maximum absolute atomic E-state index is 11.4. The molecule has 2 unspecified atom stereocenters. The first-order valence-corrected chi connectivity index (χ1v) is 4.80. The zero-order chi connectivity index (χ0) is 9.84. The van der Waals surface area contributed by atoms with Crippen LogP contribution in [0.1, 0.15) is 26.7 Å². The SMILES string of the molecule is CCC1C(C)CCN1C(=O)NOC. The molecule has 1 aliphatic rings. The molecular weight excluding hydrogens is 168 g/mol. The van der Waals surface area contributed by atoms with Gasteiger partial charge in [-0.3, -0.25) is 4.84 Å². The number of carbonyl (C=O) groups excluding carboxylic acids is 1. The summed E-state index contributed by atoms with van der Waals surface area (Å²) in [6, 6.07) is 0.258. The minimum Gasteiger partial charge on any atom is -0.320 e. The summed E-state index contributed by atoms with van der Waals surface area (Å²) in [7, 11) is 1.46. The molecule has 4 heteroatoms. The van der Waals surface area contributed by atoms with Crippen molar-refractivity contribution in [2.24, 2.45) is 5.92 Å². The summed E-state index contributed by atoms with van der Waals surface area (Å²) in [5, 5.41) is 0. The molecule has 1 fully saturated rings. The van der Waals surface area contributed by atoms with Gasteiger partial charge in [0.25, 0.3) is 0 Å². The van der Waals surface area contributed by atoms with Gasteiger partial charge in [-0.25, -0.2) is 10.3 Å². The first-order chi connectivity index (χ1) is 6.20. The maximum Gasteiger partial charge on any atom is 0.341 e. The van der Waals surface area contributed by atoms with Crippen molar-refractivity contribution in [3.63, 3.8) is 0 Å². The summed E-state index contributed by atoms with van der Waals surface area (Å²) in [6.45, 7) is 5.14. The Morgan fingerprint density at radius 2 is 2.38 bits per heavy atom. The third kappa shape index (κ3) is 2.12. The Kier molecular flexibility index (Phi) is 3.54. The highest BCUT2D eigenvalue weighted by molar-refractivity contribution is 5.73. The highest BCUT2D eigenvalue weighted by Crippen LogP contribution is 2.25. The van der Waals surface area contributed by atoms with Gasteiger partial charge in [-0.2, -0.15) is 0 Å². The molecule has 0 spiro atoms. The zero-order valence-electron chi connectivity index (χ0n) is 8.54. The van der Waals surface area contributed by atoms with Gasteiger partial charge < -0.3 is 4.90 Å². The smallest absolute Gasteiger partial charge is 0.320 e. The van der Waals surface area contributed by atoms with Gasteiger partial charge in [0.1, 0.15) is 0 Å². The second kappa shape index (κ2) is 4.46. The Bertz CT molecular complexity index is 184. The molecule has 0 aromatic rings. The number of hydroxylamine groups is 1. The lowest BCUT2D eigenvalue weighted by molar-refractivity contribution is 0.0824. The van der Waals surface area contributed by atoms with Gasteiger partial charge in [0.15, 0.2) is 0 Å². The van der Waals surface area contributed by atoms with Crippen molar-refractivity contribution in [2.45, 2.75) is 32.7 Å². The van der Waals surface area contributed by atoms with Crippen LogP contribution < -0.4 is 5.48 Å². The number of carbonyl (C=O) groups is 1. The summed E-state index contributed by atoms with van der Waals surface area (Å²) in [5.74, 6) is 0.604. The Labute approximate surface area is 79.2 Å². The first-order valence-electron chi connectivity index (χ1n) is 4.80. The lowest BCUT2D eigenvalue weighted by Gasteiger charge is -2.25. The summed E-state index contributed by atoms with van der Waals surface area (Å²) in [6.07, 6.45) is 2.11. The van der Waals surface area contributed by atoms with Crippen LogP contribution in [0.5, 0.6) is 0 Å². The van der Waals surface area contributed by atoms with E-state index < -0.39 is 0 Å². The van der Waals surface area contributed by atoms with Gasteiger partial charge in [0, 0.05) is 12.6 Å². The normalized spacial score (nSPS) is 27.8. The molecule has 0 saturated carbocycles. The van der Waals surface area contributed by atoms with Crippen molar-refractivity contribution in [2.75, 3.05) is 13.7 Å². The fourth-order valence-corrected chi connectivity index (χ4v) is 2.03. The van der Waals surface area contributed by atoms with Crippen LogP contribution in [0, 0.1) is 5.92 Å². The van der Waals surface area contributed by atoms with E-state index in [1.807, 2.05) is 4.90 Å². The average molecular weight is 186 g/mol. The van der Waals surface area contributed by atoms with Gasteiger partial charge in [-0.15, -0.1) is 0 Å². The molecule has 0 aromatic carbocycles.